The van der Waals surface area contributed by atoms with E-state index in [2.05, 4.69) is 26.3 Å². The first-order chi connectivity index (χ1) is 5.65. The van der Waals surface area contributed by atoms with E-state index in [1.807, 2.05) is 26.0 Å². The number of nitrogens with two attached hydrogens (primary N) is 1. The summed E-state index contributed by atoms with van der Waals surface area (Å²) < 4.78 is 1.11. The van der Waals surface area contributed by atoms with E-state index in [9.17, 15) is 0 Å². The lowest BCUT2D eigenvalue weighted by Crippen LogP contribution is -1.81. The highest BCUT2D eigenvalue weighted by Crippen LogP contribution is 2.26. The summed E-state index contributed by atoms with van der Waals surface area (Å²) in [5.74, 6) is 4.95. The number of hydrogen-bond acceptors (Lipinski definition) is 2. The lowest BCUT2D eigenvalue weighted by atomic mass is 10.1. The molecule has 0 saturated carbocycles. The first-order valence-corrected chi connectivity index (χ1v) is 4.32. The van der Waals surface area contributed by atoms with Crippen molar-refractivity contribution in [2.24, 2.45) is 16.2 Å². The van der Waals surface area contributed by atoms with Gasteiger partial charge in [0.25, 0.3) is 0 Å². The fourth-order valence-electron chi connectivity index (χ4n) is 1.05. The average molecular weight is 228 g/mol. The summed E-state index contributed by atoms with van der Waals surface area (Å²) >= 11 is 3.46. The first kappa shape index (κ1) is 9.19. The van der Waals surface area contributed by atoms with Crippen molar-refractivity contribution in [1.82, 2.24) is 0 Å². The molecule has 0 bridgehead atoms. The van der Waals surface area contributed by atoms with Crippen LogP contribution in [0, 0.1) is 13.8 Å². The Morgan fingerprint density at radius 3 is 2.17 bits per heavy atom. The van der Waals surface area contributed by atoms with Gasteiger partial charge >= 0.3 is 0 Å². The summed E-state index contributed by atoms with van der Waals surface area (Å²) in [7, 11) is 0. The van der Waals surface area contributed by atoms with Crippen molar-refractivity contribution >= 4 is 21.6 Å². The molecule has 0 amide bonds. The van der Waals surface area contributed by atoms with Crippen LogP contribution in [0.5, 0.6) is 0 Å². The minimum atomic E-state index is 0.788. The van der Waals surface area contributed by atoms with E-state index in [1.54, 1.807) is 0 Å². The lowest BCUT2D eigenvalue weighted by molar-refractivity contribution is 1.06. The zero-order chi connectivity index (χ0) is 9.14. The van der Waals surface area contributed by atoms with Crippen LogP contribution in [0.15, 0.2) is 26.9 Å². The Morgan fingerprint density at radius 1 is 1.25 bits per heavy atom. The summed E-state index contributed by atoms with van der Waals surface area (Å²) in [4.78, 5) is 0. The van der Waals surface area contributed by atoms with Crippen molar-refractivity contribution in [3.63, 3.8) is 0 Å². The normalized spacial score (nSPS) is 10.9. The lowest BCUT2D eigenvalue weighted by Gasteiger charge is -2.02. The van der Waals surface area contributed by atoms with Crippen LogP contribution in [0.1, 0.15) is 11.1 Å². The fourth-order valence-corrected chi connectivity index (χ4v) is 1.28. The Kier molecular flexibility index (Phi) is 2.81. The van der Waals surface area contributed by atoms with Gasteiger partial charge in [-0.1, -0.05) is 21.2 Å². The van der Waals surface area contributed by atoms with Gasteiger partial charge in [-0.2, -0.15) is 0 Å². The molecule has 12 heavy (non-hydrogen) atoms. The highest BCUT2D eigenvalue weighted by atomic mass is 79.9. The van der Waals surface area contributed by atoms with Crippen LogP contribution in [-0.2, 0) is 0 Å². The van der Waals surface area contributed by atoms with Crippen molar-refractivity contribution in [1.29, 1.82) is 0 Å². The van der Waals surface area contributed by atoms with Crippen LogP contribution in [-0.4, -0.2) is 0 Å². The van der Waals surface area contributed by atoms with Crippen LogP contribution in [0.4, 0.5) is 5.69 Å². The molecule has 3 nitrogen and oxygen atoms in total. The van der Waals surface area contributed by atoms with Crippen LogP contribution >= 0.6 is 15.9 Å². The highest BCUT2D eigenvalue weighted by Gasteiger charge is 2.00. The second kappa shape index (κ2) is 3.67. The third-order valence-corrected chi connectivity index (χ3v) is 2.85. The van der Waals surface area contributed by atoms with Crippen molar-refractivity contribution < 1.29 is 0 Å². The smallest absolute Gasteiger partial charge is 0.0880 e. The largest absolute Gasteiger partial charge is 0.305 e. The molecule has 0 saturated heterocycles. The highest BCUT2D eigenvalue weighted by molar-refractivity contribution is 9.10. The second-order valence-corrected chi connectivity index (χ2v) is 3.40. The molecule has 0 spiro atoms. The molecule has 0 aromatic heterocycles. The number of halogens is 1. The molecule has 1 aromatic rings. The maximum atomic E-state index is 4.95. The SMILES string of the molecule is Cc1cc(N=NN)cc(C)c1Br. The van der Waals surface area contributed by atoms with E-state index in [0.29, 0.717) is 0 Å². The maximum absolute atomic E-state index is 4.95. The Balaban J connectivity index is 3.21. The molecule has 2 N–H and O–H groups in total. The number of rotatable bonds is 1. The van der Waals surface area contributed by atoms with Gasteiger partial charge in [0.15, 0.2) is 0 Å². The molecule has 0 aliphatic heterocycles. The molecule has 0 heterocycles. The molecule has 64 valence electrons. The van der Waals surface area contributed by atoms with E-state index >= 15 is 0 Å². The van der Waals surface area contributed by atoms with E-state index in [0.717, 1.165) is 21.3 Å². The van der Waals surface area contributed by atoms with Crippen molar-refractivity contribution in [3.05, 3.63) is 27.7 Å². The number of aryl methyl sites for hydroxylation is 2. The number of hydrogen-bond donors (Lipinski definition) is 1. The fraction of sp³-hybridized carbons (Fsp3) is 0.250. The third kappa shape index (κ3) is 1.82. The zero-order valence-corrected chi connectivity index (χ0v) is 8.59. The van der Waals surface area contributed by atoms with Gasteiger partial charge in [-0.25, -0.2) is 0 Å². The monoisotopic (exact) mass is 227 g/mol. The molecule has 0 aliphatic carbocycles. The van der Waals surface area contributed by atoms with E-state index in [4.69, 9.17) is 5.84 Å². The van der Waals surface area contributed by atoms with Crippen LogP contribution in [0.3, 0.4) is 0 Å². The summed E-state index contributed by atoms with van der Waals surface area (Å²) in [5.41, 5.74) is 3.06. The molecule has 0 aliphatic rings. The maximum Gasteiger partial charge on any atom is 0.0880 e. The molecule has 1 aromatic carbocycles. The molecular formula is C8H10BrN3. The topological polar surface area (TPSA) is 50.7 Å². The van der Waals surface area contributed by atoms with Gasteiger partial charge in [-0.15, -0.1) is 5.11 Å². The van der Waals surface area contributed by atoms with Crippen molar-refractivity contribution in [2.75, 3.05) is 0 Å². The molecule has 4 heteroatoms. The van der Waals surface area contributed by atoms with Gasteiger partial charge in [0, 0.05) is 4.47 Å². The van der Waals surface area contributed by atoms with Gasteiger partial charge in [0.05, 0.1) is 5.69 Å². The Hall–Kier alpha value is -0.900. The summed E-state index contributed by atoms with van der Waals surface area (Å²) in [5, 5.41) is 6.98. The average Bonchev–Trinajstić information content (AvgIpc) is 2.01. The summed E-state index contributed by atoms with van der Waals surface area (Å²) in [6.07, 6.45) is 0. The Morgan fingerprint density at radius 2 is 1.75 bits per heavy atom. The van der Waals surface area contributed by atoms with Gasteiger partial charge in [-0.05, 0) is 37.1 Å². The van der Waals surface area contributed by atoms with Crippen molar-refractivity contribution in [3.8, 4) is 0 Å². The number of benzene rings is 1. The third-order valence-electron chi connectivity index (χ3n) is 1.59. The zero-order valence-electron chi connectivity index (χ0n) is 7.00. The molecule has 0 atom stereocenters. The molecule has 1 rings (SSSR count). The van der Waals surface area contributed by atoms with Crippen LogP contribution in [0.25, 0.3) is 0 Å². The molecular weight excluding hydrogens is 218 g/mol. The molecule has 0 fully saturated rings. The number of nitrogens with zero attached hydrogens (tertiary/aromatic N) is 2. The van der Waals surface area contributed by atoms with Crippen LogP contribution < -0.4 is 5.84 Å². The van der Waals surface area contributed by atoms with E-state index in [1.165, 1.54) is 0 Å². The van der Waals surface area contributed by atoms with E-state index < -0.39 is 0 Å². The van der Waals surface area contributed by atoms with Gasteiger partial charge in [0.1, 0.15) is 0 Å². The van der Waals surface area contributed by atoms with Crippen molar-refractivity contribution in [2.45, 2.75) is 13.8 Å². The quantitative estimate of drug-likeness (QED) is 0.448. The molecule has 0 radical (unpaired) electrons. The summed E-state index contributed by atoms with van der Waals surface area (Å²) in [6, 6.07) is 3.85. The second-order valence-electron chi connectivity index (χ2n) is 2.61. The van der Waals surface area contributed by atoms with Gasteiger partial charge in [-0.3, -0.25) is 0 Å². The minimum Gasteiger partial charge on any atom is -0.305 e. The summed E-state index contributed by atoms with van der Waals surface area (Å²) in [6.45, 7) is 4.01. The minimum absolute atomic E-state index is 0.788. The predicted octanol–water partition coefficient (Wildman–Crippen LogP) is 3.02. The standard InChI is InChI=1S/C8H10BrN3/c1-5-3-7(11-12-10)4-6(2)8(5)9/h3-4H,1-2H3,(H2,10,11). The molecule has 0 unspecified atom stereocenters. The van der Waals surface area contributed by atoms with Crippen LogP contribution in [0.2, 0.25) is 0 Å². The Bertz CT molecular complexity index is 297. The van der Waals surface area contributed by atoms with Gasteiger partial charge < -0.3 is 5.84 Å². The Labute approximate surface area is 79.8 Å². The van der Waals surface area contributed by atoms with E-state index in [-0.39, 0.29) is 0 Å². The first-order valence-electron chi connectivity index (χ1n) is 3.53. The van der Waals surface area contributed by atoms with Gasteiger partial charge in [0.2, 0.25) is 0 Å². The predicted molar refractivity (Wildman–Crippen MR) is 52.3 cm³/mol.